The number of hydrogen-bond donors (Lipinski definition) is 0. The molecule has 0 spiro atoms. The molecule has 1 aromatic rings. The summed E-state index contributed by atoms with van der Waals surface area (Å²) in [5.74, 6) is -0.720. The van der Waals surface area contributed by atoms with Crippen molar-refractivity contribution in [1.29, 1.82) is 0 Å². The van der Waals surface area contributed by atoms with E-state index in [9.17, 15) is 9.59 Å². The van der Waals surface area contributed by atoms with Gasteiger partial charge in [0.15, 0.2) is 0 Å². The van der Waals surface area contributed by atoms with Crippen LogP contribution in [-0.2, 0) is 9.59 Å². The zero-order chi connectivity index (χ0) is 17.8. The summed E-state index contributed by atoms with van der Waals surface area (Å²) >= 11 is 6.05. The van der Waals surface area contributed by atoms with E-state index in [2.05, 4.69) is 16.7 Å². The van der Waals surface area contributed by atoms with Gasteiger partial charge in [-0.05, 0) is 24.7 Å². The molecule has 0 atom stereocenters. The second-order valence-electron chi connectivity index (χ2n) is 6.49. The number of amides is 2. The maximum atomic E-state index is 12.5. The molecule has 0 saturated carbocycles. The van der Waals surface area contributed by atoms with Gasteiger partial charge >= 0.3 is 11.8 Å². The van der Waals surface area contributed by atoms with Crippen LogP contribution in [0.2, 0.25) is 5.02 Å². The topological polar surface area (TPSA) is 47.1 Å². The SMILES string of the molecule is CCN1CCN(C(=O)C(=O)N2CCN(c3cccc(Cl)c3)CC2)CC1. The van der Waals surface area contributed by atoms with E-state index < -0.39 is 0 Å². The summed E-state index contributed by atoms with van der Waals surface area (Å²) in [6.45, 7) is 8.62. The minimum Gasteiger partial charge on any atom is -0.368 e. The summed E-state index contributed by atoms with van der Waals surface area (Å²) in [4.78, 5) is 32.9. The Bertz CT molecular complexity index is 623. The maximum absolute atomic E-state index is 12.5. The van der Waals surface area contributed by atoms with Crippen molar-refractivity contribution in [2.45, 2.75) is 6.92 Å². The smallest absolute Gasteiger partial charge is 0.312 e. The van der Waals surface area contributed by atoms with Crippen LogP contribution in [-0.4, -0.2) is 85.4 Å². The molecule has 2 fully saturated rings. The average molecular weight is 365 g/mol. The van der Waals surface area contributed by atoms with Crippen molar-refractivity contribution >= 4 is 29.1 Å². The zero-order valence-corrected chi connectivity index (χ0v) is 15.4. The van der Waals surface area contributed by atoms with Crippen LogP contribution in [0.15, 0.2) is 24.3 Å². The van der Waals surface area contributed by atoms with Crippen molar-refractivity contribution in [2.75, 3.05) is 63.8 Å². The number of nitrogens with zero attached hydrogens (tertiary/aromatic N) is 4. The van der Waals surface area contributed by atoms with Crippen molar-refractivity contribution in [2.24, 2.45) is 0 Å². The molecule has 1 aromatic carbocycles. The number of anilines is 1. The predicted octanol–water partition coefficient (Wildman–Crippen LogP) is 1.15. The molecular formula is C18H25ClN4O2. The van der Waals surface area contributed by atoms with Gasteiger partial charge in [0.2, 0.25) is 0 Å². The van der Waals surface area contributed by atoms with Crippen LogP contribution >= 0.6 is 11.6 Å². The molecule has 0 aromatic heterocycles. The highest BCUT2D eigenvalue weighted by Gasteiger charge is 2.31. The fourth-order valence-electron chi connectivity index (χ4n) is 3.38. The predicted molar refractivity (Wildman–Crippen MR) is 98.9 cm³/mol. The van der Waals surface area contributed by atoms with Crippen LogP contribution in [0.5, 0.6) is 0 Å². The monoisotopic (exact) mass is 364 g/mol. The molecule has 2 heterocycles. The number of rotatable bonds is 2. The quantitative estimate of drug-likeness (QED) is 0.739. The Morgan fingerprint density at radius 1 is 0.920 bits per heavy atom. The molecule has 0 bridgehead atoms. The molecule has 0 aliphatic carbocycles. The summed E-state index contributed by atoms with van der Waals surface area (Å²) in [6, 6.07) is 7.72. The number of hydrogen-bond acceptors (Lipinski definition) is 4. The Labute approximate surface area is 153 Å². The van der Waals surface area contributed by atoms with E-state index in [4.69, 9.17) is 11.6 Å². The normalized spacial score (nSPS) is 19.2. The summed E-state index contributed by atoms with van der Waals surface area (Å²) < 4.78 is 0. The van der Waals surface area contributed by atoms with Gasteiger partial charge in [-0.25, -0.2) is 0 Å². The van der Waals surface area contributed by atoms with Crippen LogP contribution in [0, 0.1) is 0 Å². The molecule has 0 radical (unpaired) electrons. The Morgan fingerprint density at radius 3 is 2.00 bits per heavy atom. The van der Waals surface area contributed by atoms with Gasteiger partial charge in [0.05, 0.1) is 0 Å². The van der Waals surface area contributed by atoms with Crippen molar-refractivity contribution in [3.63, 3.8) is 0 Å². The van der Waals surface area contributed by atoms with Crippen molar-refractivity contribution in [3.8, 4) is 0 Å². The van der Waals surface area contributed by atoms with Crippen molar-refractivity contribution in [3.05, 3.63) is 29.3 Å². The number of carbonyl (C=O) groups is 2. The number of carbonyl (C=O) groups excluding carboxylic acids is 2. The van der Waals surface area contributed by atoms with Gasteiger partial charge in [0.1, 0.15) is 0 Å². The maximum Gasteiger partial charge on any atom is 0.312 e. The summed E-state index contributed by atoms with van der Waals surface area (Å²) in [5.41, 5.74) is 1.06. The Morgan fingerprint density at radius 2 is 1.48 bits per heavy atom. The van der Waals surface area contributed by atoms with E-state index in [0.29, 0.717) is 44.3 Å². The van der Waals surface area contributed by atoms with Gasteiger partial charge in [-0.3, -0.25) is 9.59 Å². The molecule has 2 aliphatic rings. The van der Waals surface area contributed by atoms with Crippen LogP contribution in [0.4, 0.5) is 5.69 Å². The fraction of sp³-hybridized carbons (Fsp3) is 0.556. The van der Waals surface area contributed by atoms with Crippen LogP contribution in [0.3, 0.4) is 0 Å². The Balaban J connectivity index is 1.52. The third-order valence-electron chi connectivity index (χ3n) is 5.03. The molecule has 6 nitrogen and oxygen atoms in total. The first kappa shape index (κ1) is 18.0. The van der Waals surface area contributed by atoms with Crippen molar-refractivity contribution < 1.29 is 9.59 Å². The Kier molecular flexibility index (Phi) is 5.81. The van der Waals surface area contributed by atoms with Gasteiger partial charge in [0, 0.05) is 63.1 Å². The summed E-state index contributed by atoms with van der Waals surface area (Å²) in [7, 11) is 0. The third-order valence-corrected chi connectivity index (χ3v) is 5.26. The van der Waals surface area contributed by atoms with Crippen LogP contribution in [0.1, 0.15) is 6.92 Å². The lowest BCUT2D eigenvalue weighted by atomic mass is 10.2. The molecular weight excluding hydrogens is 340 g/mol. The Hall–Kier alpha value is -1.79. The lowest BCUT2D eigenvalue weighted by molar-refractivity contribution is -0.153. The first-order chi connectivity index (χ1) is 12.1. The highest BCUT2D eigenvalue weighted by atomic mass is 35.5. The molecule has 136 valence electrons. The second kappa shape index (κ2) is 8.06. The van der Waals surface area contributed by atoms with Crippen molar-refractivity contribution in [1.82, 2.24) is 14.7 Å². The standard InChI is InChI=1S/C18H25ClN4O2/c1-2-20-6-8-22(9-7-20)17(24)18(25)23-12-10-21(11-13-23)16-5-3-4-15(19)14-16/h3-5,14H,2,6-13H2,1H3. The van der Waals surface area contributed by atoms with E-state index >= 15 is 0 Å². The van der Waals surface area contributed by atoms with E-state index in [1.807, 2.05) is 24.3 Å². The highest BCUT2D eigenvalue weighted by Crippen LogP contribution is 2.21. The molecule has 2 amide bonds. The molecule has 25 heavy (non-hydrogen) atoms. The lowest BCUT2D eigenvalue weighted by Gasteiger charge is -2.38. The number of likely N-dealkylation sites (N-methyl/N-ethyl adjacent to an activating group) is 1. The van der Waals surface area contributed by atoms with Crippen LogP contribution in [0.25, 0.3) is 0 Å². The summed E-state index contributed by atoms with van der Waals surface area (Å²) in [6.07, 6.45) is 0. The summed E-state index contributed by atoms with van der Waals surface area (Å²) in [5, 5.41) is 0.706. The number of benzene rings is 1. The average Bonchev–Trinajstić information content (AvgIpc) is 2.67. The van der Waals surface area contributed by atoms with E-state index in [1.54, 1.807) is 9.80 Å². The zero-order valence-electron chi connectivity index (χ0n) is 14.7. The largest absolute Gasteiger partial charge is 0.368 e. The third kappa shape index (κ3) is 4.25. The molecule has 0 N–H and O–H groups in total. The first-order valence-corrected chi connectivity index (χ1v) is 9.27. The molecule has 3 rings (SSSR count). The molecule has 2 aliphatic heterocycles. The van der Waals surface area contributed by atoms with Gasteiger partial charge in [-0.2, -0.15) is 0 Å². The van der Waals surface area contributed by atoms with Gasteiger partial charge < -0.3 is 19.6 Å². The lowest BCUT2D eigenvalue weighted by Crippen LogP contribution is -2.56. The number of halogens is 1. The highest BCUT2D eigenvalue weighted by molar-refractivity contribution is 6.35. The molecule has 2 saturated heterocycles. The van der Waals surface area contributed by atoms with Gasteiger partial charge in [0.25, 0.3) is 0 Å². The first-order valence-electron chi connectivity index (χ1n) is 8.89. The van der Waals surface area contributed by atoms with E-state index in [-0.39, 0.29) is 11.8 Å². The van der Waals surface area contributed by atoms with E-state index in [0.717, 1.165) is 25.3 Å². The second-order valence-corrected chi connectivity index (χ2v) is 6.92. The molecule has 0 unspecified atom stereocenters. The van der Waals surface area contributed by atoms with Gasteiger partial charge in [-0.15, -0.1) is 0 Å². The number of piperazine rings is 2. The molecule has 7 heteroatoms. The fourth-order valence-corrected chi connectivity index (χ4v) is 3.56. The van der Waals surface area contributed by atoms with E-state index in [1.165, 1.54) is 0 Å². The minimum absolute atomic E-state index is 0.355. The van der Waals surface area contributed by atoms with Crippen LogP contribution < -0.4 is 4.90 Å². The minimum atomic E-state index is -0.365. The van der Waals surface area contributed by atoms with Gasteiger partial charge in [-0.1, -0.05) is 24.6 Å².